The highest BCUT2D eigenvalue weighted by Crippen LogP contribution is 2.27. The molecule has 0 aliphatic carbocycles. The number of morpholine rings is 1. The topological polar surface area (TPSA) is 81.9 Å². The summed E-state index contributed by atoms with van der Waals surface area (Å²) in [5.41, 5.74) is 0.712. The molecule has 1 fully saturated rings. The minimum absolute atomic E-state index is 0.0458. The second-order valence-corrected chi connectivity index (χ2v) is 4.58. The molecule has 0 unspecified atom stereocenters. The number of carbonyl (C=O) groups is 1. The van der Waals surface area contributed by atoms with Crippen LogP contribution in [-0.2, 0) is 9.47 Å². The summed E-state index contributed by atoms with van der Waals surface area (Å²) in [4.78, 5) is 24.1. The molecule has 1 aliphatic rings. The van der Waals surface area contributed by atoms with Crippen LogP contribution in [0.3, 0.4) is 0 Å². The number of ether oxygens (including phenoxy) is 2. The Kier molecular flexibility index (Phi) is 4.19. The highest BCUT2D eigenvalue weighted by Gasteiger charge is 2.24. The molecular weight excluding hydrogens is 264 g/mol. The Hall–Kier alpha value is -2.15. The molecule has 7 heteroatoms. The van der Waals surface area contributed by atoms with E-state index >= 15 is 0 Å². The summed E-state index contributed by atoms with van der Waals surface area (Å²) in [5, 5.41) is 10.8. The molecule has 0 bridgehead atoms. The number of carbonyl (C=O) groups excluding carboxylic acids is 1. The molecule has 0 aromatic heterocycles. The van der Waals surface area contributed by atoms with Crippen LogP contribution in [0.5, 0.6) is 0 Å². The van der Waals surface area contributed by atoms with Gasteiger partial charge in [0, 0.05) is 25.2 Å². The normalized spacial score (nSPS) is 18.7. The summed E-state index contributed by atoms with van der Waals surface area (Å²) in [6.45, 7) is 3.75. The second kappa shape index (κ2) is 5.87. The number of anilines is 1. The van der Waals surface area contributed by atoms with Crippen molar-refractivity contribution in [2.24, 2.45) is 0 Å². The second-order valence-electron chi connectivity index (χ2n) is 4.58. The number of methoxy groups -OCH3 is 1. The van der Waals surface area contributed by atoms with Gasteiger partial charge in [-0.05, 0) is 13.0 Å². The van der Waals surface area contributed by atoms with E-state index in [1.807, 2.05) is 11.8 Å². The van der Waals surface area contributed by atoms with Crippen LogP contribution in [0.4, 0.5) is 11.4 Å². The predicted molar refractivity (Wildman–Crippen MR) is 72.1 cm³/mol. The lowest BCUT2D eigenvalue weighted by Gasteiger charge is -2.33. The number of nitro benzene ring substituents is 1. The van der Waals surface area contributed by atoms with Crippen molar-refractivity contribution in [1.29, 1.82) is 0 Å². The summed E-state index contributed by atoms with van der Waals surface area (Å²) < 4.78 is 10.2. The first-order chi connectivity index (χ1) is 9.52. The Morgan fingerprint density at radius 1 is 1.55 bits per heavy atom. The molecule has 1 heterocycles. The number of esters is 1. The van der Waals surface area contributed by atoms with E-state index in [1.54, 1.807) is 6.07 Å². The molecule has 1 saturated heterocycles. The lowest BCUT2D eigenvalue weighted by Crippen LogP contribution is -2.41. The van der Waals surface area contributed by atoms with Gasteiger partial charge in [-0.1, -0.05) is 0 Å². The third kappa shape index (κ3) is 2.88. The maximum absolute atomic E-state index is 11.8. The molecule has 108 valence electrons. The number of hydrogen-bond donors (Lipinski definition) is 0. The minimum Gasteiger partial charge on any atom is -0.465 e. The van der Waals surface area contributed by atoms with Gasteiger partial charge in [-0.2, -0.15) is 0 Å². The fraction of sp³-hybridized carbons (Fsp3) is 0.462. The summed E-state index contributed by atoms with van der Waals surface area (Å²) in [6.07, 6.45) is 0.0458. The summed E-state index contributed by atoms with van der Waals surface area (Å²) in [7, 11) is 1.26. The molecule has 20 heavy (non-hydrogen) atoms. The van der Waals surface area contributed by atoms with Crippen LogP contribution >= 0.6 is 0 Å². The molecular formula is C13H16N2O5. The lowest BCUT2D eigenvalue weighted by atomic mass is 10.1. The maximum atomic E-state index is 11.8. The van der Waals surface area contributed by atoms with Crippen LogP contribution in [0.1, 0.15) is 17.3 Å². The van der Waals surface area contributed by atoms with Gasteiger partial charge in [-0.3, -0.25) is 10.1 Å². The van der Waals surface area contributed by atoms with Crippen LogP contribution in [0.2, 0.25) is 0 Å². The molecule has 7 nitrogen and oxygen atoms in total. The molecule has 0 amide bonds. The fourth-order valence-electron chi connectivity index (χ4n) is 2.22. The van der Waals surface area contributed by atoms with Gasteiger partial charge in [0.25, 0.3) is 5.69 Å². The maximum Gasteiger partial charge on any atom is 0.340 e. The largest absolute Gasteiger partial charge is 0.465 e. The fourth-order valence-corrected chi connectivity index (χ4v) is 2.22. The minimum atomic E-state index is -0.581. The number of nitrogens with zero attached hydrogens (tertiary/aromatic N) is 2. The van der Waals surface area contributed by atoms with Crippen molar-refractivity contribution in [2.45, 2.75) is 13.0 Å². The van der Waals surface area contributed by atoms with Gasteiger partial charge in [0.1, 0.15) is 0 Å². The number of rotatable bonds is 3. The third-order valence-electron chi connectivity index (χ3n) is 3.18. The number of non-ortho nitro benzene ring substituents is 1. The summed E-state index contributed by atoms with van der Waals surface area (Å²) in [5.74, 6) is -0.581. The first kappa shape index (κ1) is 14.3. The van der Waals surface area contributed by atoms with Crippen LogP contribution in [0.25, 0.3) is 0 Å². The van der Waals surface area contributed by atoms with Gasteiger partial charge >= 0.3 is 5.97 Å². The van der Waals surface area contributed by atoms with Gasteiger partial charge < -0.3 is 14.4 Å². The van der Waals surface area contributed by atoms with Crippen molar-refractivity contribution >= 4 is 17.3 Å². The standard InChI is InChI=1S/C13H16N2O5/c1-9-8-14(5-6-20-9)12-4-3-10(15(17)18)7-11(12)13(16)19-2/h3-4,7,9H,5-6,8H2,1-2H3/t9-/m1/s1. The zero-order chi connectivity index (χ0) is 14.7. The van der Waals surface area contributed by atoms with Crippen molar-refractivity contribution in [1.82, 2.24) is 0 Å². The average molecular weight is 280 g/mol. The van der Waals surface area contributed by atoms with Crippen molar-refractivity contribution in [3.8, 4) is 0 Å². The molecule has 0 spiro atoms. The highest BCUT2D eigenvalue weighted by atomic mass is 16.6. The van der Waals surface area contributed by atoms with Crippen molar-refractivity contribution in [3.63, 3.8) is 0 Å². The molecule has 1 aliphatic heterocycles. The Bertz CT molecular complexity index is 531. The number of nitro groups is 1. The monoisotopic (exact) mass is 280 g/mol. The van der Waals surface area contributed by atoms with E-state index in [2.05, 4.69) is 0 Å². The van der Waals surface area contributed by atoms with Crippen LogP contribution < -0.4 is 4.90 Å². The smallest absolute Gasteiger partial charge is 0.340 e. The predicted octanol–water partition coefficient (Wildman–Crippen LogP) is 1.61. The quantitative estimate of drug-likeness (QED) is 0.475. The van der Waals surface area contributed by atoms with Gasteiger partial charge in [-0.25, -0.2) is 4.79 Å². The Labute approximate surface area is 116 Å². The molecule has 0 N–H and O–H groups in total. The number of benzene rings is 1. The Morgan fingerprint density at radius 3 is 2.90 bits per heavy atom. The Balaban J connectivity index is 2.40. The van der Waals surface area contributed by atoms with Crippen LogP contribution in [0, 0.1) is 10.1 Å². The molecule has 2 rings (SSSR count). The van der Waals surface area contributed by atoms with E-state index in [9.17, 15) is 14.9 Å². The van der Waals surface area contributed by atoms with Gasteiger partial charge in [0.05, 0.1) is 36.0 Å². The van der Waals surface area contributed by atoms with Gasteiger partial charge in [0.2, 0.25) is 0 Å². The van der Waals surface area contributed by atoms with E-state index in [4.69, 9.17) is 9.47 Å². The molecule has 0 saturated carbocycles. The first-order valence-corrected chi connectivity index (χ1v) is 6.26. The van der Waals surface area contributed by atoms with E-state index in [0.29, 0.717) is 25.4 Å². The summed E-state index contributed by atoms with van der Waals surface area (Å²) >= 11 is 0. The zero-order valence-corrected chi connectivity index (χ0v) is 11.4. The molecule has 1 atom stereocenters. The van der Waals surface area contributed by atoms with E-state index < -0.39 is 10.9 Å². The van der Waals surface area contributed by atoms with E-state index in [1.165, 1.54) is 19.2 Å². The van der Waals surface area contributed by atoms with Crippen molar-refractivity contribution < 1.29 is 19.2 Å². The SMILES string of the molecule is COC(=O)c1cc([N+](=O)[O-])ccc1N1CCO[C@H](C)C1. The molecule has 1 aromatic rings. The van der Waals surface area contributed by atoms with Gasteiger partial charge in [0.15, 0.2) is 0 Å². The highest BCUT2D eigenvalue weighted by molar-refractivity contribution is 5.96. The lowest BCUT2D eigenvalue weighted by molar-refractivity contribution is -0.384. The van der Waals surface area contributed by atoms with Crippen molar-refractivity contribution in [3.05, 3.63) is 33.9 Å². The van der Waals surface area contributed by atoms with E-state index in [-0.39, 0.29) is 17.4 Å². The van der Waals surface area contributed by atoms with Gasteiger partial charge in [-0.15, -0.1) is 0 Å². The summed E-state index contributed by atoms with van der Waals surface area (Å²) in [6, 6.07) is 4.23. The third-order valence-corrected chi connectivity index (χ3v) is 3.18. The molecule has 0 radical (unpaired) electrons. The Morgan fingerprint density at radius 2 is 2.30 bits per heavy atom. The number of hydrogen-bond acceptors (Lipinski definition) is 6. The van der Waals surface area contributed by atoms with Crippen molar-refractivity contribution in [2.75, 3.05) is 31.7 Å². The first-order valence-electron chi connectivity index (χ1n) is 6.26. The van der Waals surface area contributed by atoms with Crippen LogP contribution in [0.15, 0.2) is 18.2 Å². The van der Waals surface area contributed by atoms with Crippen LogP contribution in [-0.4, -0.2) is 43.8 Å². The zero-order valence-electron chi connectivity index (χ0n) is 11.4. The average Bonchev–Trinajstić information content (AvgIpc) is 2.45. The van der Waals surface area contributed by atoms with E-state index in [0.717, 1.165) is 0 Å². The molecule has 1 aromatic carbocycles.